The molecule has 27 heavy (non-hydrogen) atoms. The van der Waals surface area contributed by atoms with Crippen LogP contribution in [0.4, 0.5) is 5.82 Å². The Labute approximate surface area is 164 Å². The number of anilines is 1. The Hall–Kier alpha value is -2.51. The zero-order chi connectivity index (χ0) is 18.8. The van der Waals surface area contributed by atoms with E-state index in [-0.39, 0.29) is 0 Å². The monoisotopic (exact) mass is 382 g/mol. The molecule has 6 nitrogen and oxygen atoms in total. The van der Waals surface area contributed by atoms with E-state index >= 15 is 0 Å². The number of nitrogens with one attached hydrogen (secondary N) is 2. The van der Waals surface area contributed by atoms with Gasteiger partial charge in [0.2, 0.25) is 4.77 Å². The maximum absolute atomic E-state index is 5.73. The van der Waals surface area contributed by atoms with Crippen LogP contribution in [-0.2, 0) is 6.67 Å². The summed E-state index contributed by atoms with van der Waals surface area (Å²) in [5.41, 5.74) is 2.32. The topological polar surface area (TPSA) is 44.6 Å². The maximum Gasteiger partial charge on any atom is 0.274 e. The largest absolute Gasteiger partial charge is 0.310 e. The van der Waals surface area contributed by atoms with Gasteiger partial charge in [-0.05, 0) is 44.3 Å². The first-order chi connectivity index (χ1) is 13.1. The summed E-state index contributed by atoms with van der Waals surface area (Å²) in [5, 5.41) is 4.72. The highest BCUT2D eigenvalue weighted by Crippen LogP contribution is 2.13. The number of hydrogen-bond donors (Lipinski definition) is 1. The predicted octanol–water partition coefficient (Wildman–Crippen LogP) is 1.20. The number of rotatable bonds is 4. The molecule has 140 valence electrons. The van der Waals surface area contributed by atoms with Crippen molar-refractivity contribution in [3.05, 3.63) is 64.8 Å². The van der Waals surface area contributed by atoms with E-state index < -0.39 is 0 Å². The van der Waals surface area contributed by atoms with Crippen LogP contribution in [0.5, 0.6) is 0 Å². The first-order valence-corrected chi connectivity index (χ1v) is 9.81. The van der Waals surface area contributed by atoms with Gasteiger partial charge in [0.15, 0.2) is 6.67 Å². The minimum absolute atomic E-state index is 0.766. The van der Waals surface area contributed by atoms with E-state index in [0.717, 1.165) is 49.1 Å². The molecule has 3 heterocycles. The van der Waals surface area contributed by atoms with E-state index in [1.807, 2.05) is 23.9 Å². The second kappa shape index (κ2) is 7.62. The second-order valence-electron chi connectivity index (χ2n) is 7.14. The Balaban J connectivity index is 1.46. The molecule has 4 rings (SSSR count). The molecule has 0 amide bonds. The standard InChI is InChI=1S/C20H24N6S/c1-16-6-8-18(9-7-16)26-17(2)22-25(20(26)27)15-23-11-13-24(14-12-23)19-5-3-4-10-21-19/h3-10H,11-15H2,1-2H3/p+2. The van der Waals surface area contributed by atoms with E-state index in [2.05, 4.69) is 57.8 Å². The van der Waals surface area contributed by atoms with Crippen LogP contribution in [0.1, 0.15) is 11.4 Å². The lowest BCUT2D eigenvalue weighted by Crippen LogP contribution is -3.14. The van der Waals surface area contributed by atoms with Crippen molar-refractivity contribution in [3.8, 4) is 5.69 Å². The van der Waals surface area contributed by atoms with E-state index in [1.54, 1.807) is 0 Å². The zero-order valence-electron chi connectivity index (χ0n) is 15.9. The third-order valence-corrected chi connectivity index (χ3v) is 5.56. The van der Waals surface area contributed by atoms with Gasteiger partial charge in [-0.3, -0.25) is 9.47 Å². The minimum Gasteiger partial charge on any atom is -0.310 e. The Bertz CT molecular complexity index is 952. The van der Waals surface area contributed by atoms with Crippen molar-refractivity contribution in [2.24, 2.45) is 0 Å². The van der Waals surface area contributed by atoms with Gasteiger partial charge >= 0.3 is 0 Å². The zero-order valence-corrected chi connectivity index (χ0v) is 16.7. The fraction of sp³-hybridized carbons (Fsp3) is 0.350. The van der Waals surface area contributed by atoms with Crippen molar-refractivity contribution in [3.63, 3.8) is 0 Å². The summed E-state index contributed by atoms with van der Waals surface area (Å²) in [6.07, 6.45) is 1.98. The number of benzene rings is 1. The maximum atomic E-state index is 5.73. The number of aromatic nitrogens is 4. The molecule has 7 heteroatoms. The molecular formula is C20H26N6S+2. The van der Waals surface area contributed by atoms with E-state index in [9.17, 15) is 0 Å². The molecule has 0 bridgehead atoms. The van der Waals surface area contributed by atoms with Crippen molar-refractivity contribution in [1.29, 1.82) is 0 Å². The molecule has 2 aromatic heterocycles. The van der Waals surface area contributed by atoms with Crippen molar-refractivity contribution in [1.82, 2.24) is 14.3 Å². The Kier molecular flexibility index (Phi) is 5.05. The van der Waals surface area contributed by atoms with Gasteiger partial charge < -0.3 is 4.90 Å². The molecule has 3 aromatic rings. The number of hydrogen-bond acceptors (Lipinski definition) is 3. The van der Waals surface area contributed by atoms with Crippen molar-refractivity contribution < 1.29 is 9.88 Å². The summed E-state index contributed by atoms with van der Waals surface area (Å²) in [6.45, 7) is 9.12. The Morgan fingerprint density at radius 1 is 1.07 bits per heavy atom. The molecule has 1 aliphatic rings. The fourth-order valence-electron chi connectivity index (χ4n) is 3.62. The first-order valence-electron chi connectivity index (χ1n) is 9.40. The number of aromatic amines is 1. The molecule has 1 fully saturated rings. The molecule has 0 atom stereocenters. The van der Waals surface area contributed by atoms with Gasteiger partial charge in [-0.15, -0.1) is 0 Å². The van der Waals surface area contributed by atoms with Crippen LogP contribution in [-0.4, -0.2) is 40.5 Å². The van der Waals surface area contributed by atoms with E-state index in [1.165, 1.54) is 16.3 Å². The van der Waals surface area contributed by atoms with Crippen LogP contribution in [0.3, 0.4) is 0 Å². The minimum atomic E-state index is 0.766. The molecule has 2 N–H and O–H groups in total. The number of aryl methyl sites for hydroxylation is 2. The summed E-state index contributed by atoms with van der Waals surface area (Å²) < 4.78 is 4.80. The van der Waals surface area contributed by atoms with E-state index in [4.69, 9.17) is 17.3 Å². The lowest BCUT2D eigenvalue weighted by atomic mass is 10.2. The average Bonchev–Trinajstić information content (AvgIpc) is 2.97. The van der Waals surface area contributed by atoms with E-state index in [0.29, 0.717) is 0 Å². The third kappa shape index (κ3) is 3.79. The van der Waals surface area contributed by atoms with Gasteiger partial charge in [-0.25, -0.2) is 4.98 Å². The van der Waals surface area contributed by atoms with Crippen LogP contribution in [0, 0.1) is 18.6 Å². The van der Waals surface area contributed by atoms with Crippen LogP contribution in [0.25, 0.3) is 5.69 Å². The van der Waals surface area contributed by atoms with Crippen molar-refractivity contribution in [2.45, 2.75) is 20.5 Å². The third-order valence-electron chi connectivity index (χ3n) is 5.17. The molecule has 0 saturated carbocycles. The van der Waals surface area contributed by atoms with Gasteiger partial charge in [-0.1, -0.05) is 23.8 Å². The molecule has 0 spiro atoms. The van der Waals surface area contributed by atoms with Crippen LogP contribution in [0.2, 0.25) is 0 Å². The van der Waals surface area contributed by atoms with Gasteiger partial charge in [0.25, 0.3) is 5.82 Å². The summed E-state index contributed by atoms with van der Waals surface area (Å²) in [5.74, 6) is 2.12. The highest BCUT2D eigenvalue weighted by molar-refractivity contribution is 7.71. The predicted molar refractivity (Wildman–Crippen MR) is 108 cm³/mol. The number of pyridine rings is 1. The fourth-order valence-corrected chi connectivity index (χ4v) is 3.97. The molecule has 0 unspecified atom stereocenters. The Morgan fingerprint density at radius 2 is 1.81 bits per heavy atom. The van der Waals surface area contributed by atoms with Gasteiger partial charge in [0.1, 0.15) is 32.0 Å². The quantitative estimate of drug-likeness (QED) is 0.690. The van der Waals surface area contributed by atoms with Gasteiger partial charge in [0.05, 0.1) is 6.20 Å². The summed E-state index contributed by atoms with van der Waals surface area (Å²) in [6, 6.07) is 14.6. The van der Waals surface area contributed by atoms with Crippen LogP contribution < -0.4 is 14.8 Å². The molecular weight excluding hydrogens is 356 g/mol. The molecule has 0 aliphatic carbocycles. The SMILES string of the molecule is Cc1ccc(-n2c(C)nn(C[NH+]3CCN(c4cccc[nH+]4)CC3)c2=S)cc1. The second-order valence-corrected chi connectivity index (χ2v) is 7.51. The van der Waals surface area contributed by atoms with Crippen molar-refractivity contribution >= 4 is 18.0 Å². The normalized spacial score (nSPS) is 15.3. The smallest absolute Gasteiger partial charge is 0.274 e. The lowest BCUT2D eigenvalue weighted by Gasteiger charge is -2.27. The van der Waals surface area contributed by atoms with Crippen LogP contribution >= 0.6 is 12.2 Å². The molecule has 1 aromatic carbocycles. The van der Waals surface area contributed by atoms with Crippen LogP contribution in [0.15, 0.2) is 48.7 Å². The Morgan fingerprint density at radius 3 is 2.48 bits per heavy atom. The molecule has 1 aliphatic heterocycles. The molecule has 0 radical (unpaired) electrons. The van der Waals surface area contributed by atoms with Gasteiger partial charge in [-0.2, -0.15) is 9.78 Å². The summed E-state index contributed by atoms with van der Waals surface area (Å²) in [7, 11) is 0. The molecule has 1 saturated heterocycles. The highest BCUT2D eigenvalue weighted by atomic mass is 32.1. The van der Waals surface area contributed by atoms with Gasteiger partial charge in [0, 0.05) is 11.8 Å². The number of quaternary nitrogens is 1. The number of nitrogens with zero attached hydrogens (tertiary/aromatic N) is 4. The number of piperazine rings is 1. The summed E-state index contributed by atoms with van der Waals surface area (Å²) >= 11 is 5.73. The number of H-pyrrole nitrogens is 1. The summed E-state index contributed by atoms with van der Waals surface area (Å²) in [4.78, 5) is 7.23. The lowest BCUT2D eigenvalue weighted by molar-refractivity contribution is -0.924. The average molecular weight is 383 g/mol. The highest BCUT2D eigenvalue weighted by Gasteiger charge is 2.26. The van der Waals surface area contributed by atoms with Crippen molar-refractivity contribution in [2.75, 3.05) is 31.1 Å². The first kappa shape index (κ1) is 17.9.